The van der Waals surface area contributed by atoms with Gasteiger partial charge in [-0.25, -0.2) is 4.79 Å². The van der Waals surface area contributed by atoms with Crippen molar-refractivity contribution >= 4 is 23.2 Å². The molecule has 2 amide bonds. The third-order valence-corrected chi connectivity index (χ3v) is 4.40. The summed E-state index contributed by atoms with van der Waals surface area (Å²) in [5, 5.41) is 2.95. The Bertz CT molecular complexity index is 797. The number of benzene rings is 2. The zero-order valence-corrected chi connectivity index (χ0v) is 14.9. The van der Waals surface area contributed by atoms with E-state index < -0.39 is 0 Å². The number of aryl methyl sites for hydroxylation is 2. The standard InChI is InChI=1S/C20H23N3O2/c1-14-6-9-17(13-15(14)2)23(19-5-4-12-21-19)20(24)22-16-7-10-18(25-3)11-8-16/h6-11,13H,4-5,12H2,1-3H3,(H,22,24). The lowest BCUT2D eigenvalue weighted by molar-refractivity contribution is 0.259. The second-order valence-corrected chi connectivity index (χ2v) is 6.16. The van der Waals surface area contributed by atoms with Crippen molar-refractivity contribution in [2.75, 3.05) is 23.9 Å². The molecule has 3 rings (SSSR count). The number of methoxy groups -OCH3 is 1. The van der Waals surface area contributed by atoms with Crippen molar-refractivity contribution in [2.24, 2.45) is 4.99 Å². The maximum Gasteiger partial charge on any atom is 0.331 e. The average Bonchev–Trinajstić information content (AvgIpc) is 3.13. The quantitative estimate of drug-likeness (QED) is 0.894. The normalized spacial score (nSPS) is 13.3. The van der Waals surface area contributed by atoms with Crippen LogP contribution in [0.15, 0.2) is 47.5 Å². The van der Waals surface area contributed by atoms with E-state index in [2.05, 4.69) is 24.2 Å². The topological polar surface area (TPSA) is 53.9 Å². The number of nitrogens with one attached hydrogen (secondary N) is 1. The molecular formula is C20H23N3O2. The lowest BCUT2D eigenvalue weighted by Gasteiger charge is -2.24. The van der Waals surface area contributed by atoms with Gasteiger partial charge in [-0.05, 0) is 67.8 Å². The third kappa shape index (κ3) is 3.82. The number of rotatable bonds is 3. The number of amides is 2. The van der Waals surface area contributed by atoms with E-state index in [1.165, 1.54) is 5.56 Å². The molecule has 0 aliphatic carbocycles. The van der Waals surface area contributed by atoms with Gasteiger partial charge in [-0.1, -0.05) is 6.07 Å². The molecule has 0 saturated carbocycles. The minimum atomic E-state index is -0.200. The molecule has 2 aromatic carbocycles. The van der Waals surface area contributed by atoms with E-state index in [0.717, 1.165) is 47.9 Å². The Morgan fingerprint density at radius 1 is 1.12 bits per heavy atom. The fraction of sp³-hybridized carbons (Fsp3) is 0.300. The molecule has 25 heavy (non-hydrogen) atoms. The van der Waals surface area contributed by atoms with Crippen molar-refractivity contribution in [3.8, 4) is 5.75 Å². The van der Waals surface area contributed by atoms with E-state index in [9.17, 15) is 4.79 Å². The fourth-order valence-electron chi connectivity index (χ4n) is 2.81. The highest BCUT2D eigenvalue weighted by molar-refractivity contribution is 6.20. The van der Waals surface area contributed by atoms with Gasteiger partial charge >= 0.3 is 6.03 Å². The summed E-state index contributed by atoms with van der Waals surface area (Å²) in [6, 6.07) is 13.1. The Balaban J connectivity index is 1.87. The molecular weight excluding hydrogens is 314 g/mol. The summed E-state index contributed by atoms with van der Waals surface area (Å²) < 4.78 is 5.15. The summed E-state index contributed by atoms with van der Waals surface area (Å²) in [5.74, 6) is 1.57. The van der Waals surface area contributed by atoms with Crippen LogP contribution in [0, 0.1) is 13.8 Å². The summed E-state index contributed by atoms with van der Waals surface area (Å²) in [7, 11) is 1.62. The molecule has 0 saturated heterocycles. The van der Waals surface area contributed by atoms with Crippen LogP contribution >= 0.6 is 0 Å². The number of nitrogens with zero attached hydrogens (tertiary/aromatic N) is 2. The van der Waals surface area contributed by atoms with Gasteiger partial charge in [0.1, 0.15) is 11.6 Å². The Kier molecular flexibility index (Phi) is 5.03. The van der Waals surface area contributed by atoms with Gasteiger partial charge in [0.2, 0.25) is 0 Å². The van der Waals surface area contributed by atoms with Crippen LogP contribution in [-0.4, -0.2) is 25.5 Å². The van der Waals surface area contributed by atoms with E-state index in [-0.39, 0.29) is 6.03 Å². The molecule has 1 aliphatic heterocycles. The van der Waals surface area contributed by atoms with Gasteiger partial charge in [0.25, 0.3) is 0 Å². The highest BCUT2D eigenvalue weighted by atomic mass is 16.5. The molecule has 0 atom stereocenters. The molecule has 5 nitrogen and oxygen atoms in total. The summed E-state index contributed by atoms with van der Waals surface area (Å²) in [6.45, 7) is 4.88. The van der Waals surface area contributed by atoms with E-state index in [4.69, 9.17) is 4.74 Å². The van der Waals surface area contributed by atoms with Crippen molar-refractivity contribution in [3.63, 3.8) is 0 Å². The zero-order chi connectivity index (χ0) is 17.8. The predicted octanol–water partition coefficient (Wildman–Crippen LogP) is 4.54. The van der Waals surface area contributed by atoms with Gasteiger partial charge in [-0.3, -0.25) is 9.89 Å². The minimum Gasteiger partial charge on any atom is -0.497 e. The number of carbonyl (C=O) groups excluding carboxylic acids is 1. The first-order chi connectivity index (χ1) is 12.1. The van der Waals surface area contributed by atoms with Crippen molar-refractivity contribution in [3.05, 3.63) is 53.6 Å². The van der Waals surface area contributed by atoms with Crippen molar-refractivity contribution in [1.29, 1.82) is 0 Å². The first-order valence-electron chi connectivity index (χ1n) is 8.44. The molecule has 0 fully saturated rings. The van der Waals surface area contributed by atoms with Gasteiger partial charge in [0, 0.05) is 18.7 Å². The molecule has 0 spiro atoms. The molecule has 0 radical (unpaired) electrons. The number of anilines is 2. The number of aliphatic imine (C=N–C) groups is 1. The van der Waals surface area contributed by atoms with Crippen LogP contribution in [-0.2, 0) is 0 Å². The maximum absolute atomic E-state index is 13.0. The number of carbonyl (C=O) groups is 1. The van der Waals surface area contributed by atoms with Crippen LogP contribution in [0.4, 0.5) is 16.2 Å². The van der Waals surface area contributed by atoms with Gasteiger partial charge in [-0.15, -0.1) is 0 Å². The Morgan fingerprint density at radius 2 is 1.88 bits per heavy atom. The minimum absolute atomic E-state index is 0.200. The lowest BCUT2D eigenvalue weighted by atomic mass is 10.1. The van der Waals surface area contributed by atoms with Crippen molar-refractivity contribution in [2.45, 2.75) is 26.7 Å². The Labute approximate surface area is 148 Å². The Morgan fingerprint density at radius 3 is 2.48 bits per heavy atom. The SMILES string of the molecule is COc1ccc(NC(=O)N(C2=NCCC2)c2ccc(C)c(C)c2)cc1. The third-order valence-electron chi connectivity index (χ3n) is 4.40. The highest BCUT2D eigenvalue weighted by Crippen LogP contribution is 2.24. The van der Waals surface area contributed by atoms with Crippen LogP contribution in [0.5, 0.6) is 5.75 Å². The Hall–Kier alpha value is -2.82. The number of urea groups is 1. The number of amidine groups is 1. The van der Waals surface area contributed by atoms with Gasteiger partial charge in [0.05, 0.1) is 12.8 Å². The molecule has 1 aliphatic rings. The smallest absolute Gasteiger partial charge is 0.331 e. The summed E-state index contributed by atoms with van der Waals surface area (Å²) >= 11 is 0. The number of hydrogen-bond acceptors (Lipinski definition) is 3. The monoisotopic (exact) mass is 337 g/mol. The number of hydrogen-bond donors (Lipinski definition) is 1. The van der Waals surface area contributed by atoms with Gasteiger partial charge in [0.15, 0.2) is 0 Å². The second kappa shape index (κ2) is 7.38. The molecule has 0 bridgehead atoms. The van der Waals surface area contributed by atoms with Crippen LogP contribution in [0.2, 0.25) is 0 Å². The summed E-state index contributed by atoms with van der Waals surface area (Å²) in [6.07, 6.45) is 1.79. The predicted molar refractivity (Wildman–Crippen MR) is 102 cm³/mol. The maximum atomic E-state index is 13.0. The average molecular weight is 337 g/mol. The first-order valence-corrected chi connectivity index (χ1v) is 8.44. The van der Waals surface area contributed by atoms with Crippen molar-refractivity contribution < 1.29 is 9.53 Å². The van der Waals surface area contributed by atoms with E-state index in [1.54, 1.807) is 12.0 Å². The molecule has 0 unspecified atom stereocenters. The van der Waals surface area contributed by atoms with Crippen LogP contribution in [0.3, 0.4) is 0 Å². The molecule has 0 aromatic heterocycles. The molecule has 130 valence electrons. The fourth-order valence-corrected chi connectivity index (χ4v) is 2.81. The van der Waals surface area contributed by atoms with Crippen LogP contribution in [0.25, 0.3) is 0 Å². The van der Waals surface area contributed by atoms with Crippen LogP contribution < -0.4 is 15.0 Å². The van der Waals surface area contributed by atoms with Gasteiger partial charge in [-0.2, -0.15) is 0 Å². The highest BCUT2D eigenvalue weighted by Gasteiger charge is 2.24. The van der Waals surface area contributed by atoms with Crippen LogP contribution in [0.1, 0.15) is 24.0 Å². The summed E-state index contributed by atoms with van der Waals surface area (Å²) in [4.78, 5) is 19.2. The molecule has 1 heterocycles. The largest absolute Gasteiger partial charge is 0.497 e. The summed E-state index contributed by atoms with van der Waals surface area (Å²) in [5.41, 5.74) is 3.92. The lowest BCUT2D eigenvalue weighted by Crippen LogP contribution is -2.39. The second-order valence-electron chi connectivity index (χ2n) is 6.16. The van der Waals surface area contributed by atoms with Crippen molar-refractivity contribution in [1.82, 2.24) is 0 Å². The number of ether oxygens (including phenoxy) is 1. The molecule has 5 heteroatoms. The van der Waals surface area contributed by atoms with E-state index in [1.807, 2.05) is 42.5 Å². The van der Waals surface area contributed by atoms with E-state index in [0.29, 0.717) is 0 Å². The first kappa shape index (κ1) is 17.0. The van der Waals surface area contributed by atoms with E-state index >= 15 is 0 Å². The molecule has 2 aromatic rings. The molecule has 1 N–H and O–H groups in total. The van der Waals surface area contributed by atoms with Gasteiger partial charge < -0.3 is 10.1 Å². The zero-order valence-electron chi connectivity index (χ0n) is 14.9.